The summed E-state index contributed by atoms with van der Waals surface area (Å²) in [7, 11) is 0. The number of pyridine rings is 1. The number of carbonyl (C=O) groups excluding carboxylic acids is 1. The van der Waals surface area contributed by atoms with Crippen molar-refractivity contribution in [3.8, 4) is 0 Å². The Labute approximate surface area is 139 Å². The summed E-state index contributed by atoms with van der Waals surface area (Å²) in [6.45, 7) is 3.28. The molecule has 0 aliphatic heterocycles. The molecule has 1 N–H and O–H groups in total. The van der Waals surface area contributed by atoms with Gasteiger partial charge in [0, 0.05) is 36.8 Å². The summed E-state index contributed by atoms with van der Waals surface area (Å²) < 4.78 is 2.07. The van der Waals surface area contributed by atoms with Crippen molar-refractivity contribution in [1.29, 1.82) is 0 Å². The Morgan fingerprint density at radius 1 is 1.39 bits per heavy atom. The molecule has 1 amide bonds. The fraction of sp³-hybridized carbons (Fsp3) is 0.222. The van der Waals surface area contributed by atoms with Crippen molar-refractivity contribution < 1.29 is 4.79 Å². The van der Waals surface area contributed by atoms with Gasteiger partial charge in [0.05, 0.1) is 0 Å². The van der Waals surface area contributed by atoms with Gasteiger partial charge in [-0.2, -0.15) is 0 Å². The third-order valence-corrected chi connectivity index (χ3v) is 4.60. The summed E-state index contributed by atoms with van der Waals surface area (Å²) >= 11 is 1.66. The highest BCUT2D eigenvalue weighted by atomic mass is 32.1. The van der Waals surface area contributed by atoms with E-state index in [0.717, 1.165) is 22.3 Å². The van der Waals surface area contributed by atoms with E-state index in [1.54, 1.807) is 17.5 Å². The Kier molecular flexibility index (Phi) is 4.88. The maximum absolute atomic E-state index is 12.5. The average molecular weight is 325 g/mol. The summed E-state index contributed by atoms with van der Waals surface area (Å²) in [4.78, 5) is 17.9. The number of hydrogen-bond acceptors (Lipinski definition) is 3. The van der Waals surface area contributed by atoms with Gasteiger partial charge >= 0.3 is 0 Å². The van der Waals surface area contributed by atoms with Crippen molar-refractivity contribution in [3.63, 3.8) is 0 Å². The summed E-state index contributed by atoms with van der Waals surface area (Å²) in [5, 5.41) is 6.17. The number of hydrogen-bond donors (Lipinski definition) is 1. The SMILES string of the molecule is CC=CCn1c(C(=O)NCCc2ccccn2)cc2ccsc21. The lowest BCUT2D eigenvalue weighted by Gasteiger charge is -2.08. The number of rotatable bonds is 6. The topological polar surface area (TPSA) is 46.9 Å². The molecule has 4 nitrogen and oxygen atoms in total. The van der Waals surface area contributed by atoms with Crippen molar-refractivity contribution >= 4 is 27.5 Å². The molecule has 3 aromatic heterocycles. The molecule has 0 fully saturated rings. The van der Waals surface area contributed by atoms with Crippen LogP contribution < -0.4 is 5.32 Å². The van der Waals surface area contributed by atoms with Crippen LogP contribution in [0.15, 0.2) is 54.1 Å². The van der Waals surface area contributed by atoms with Crippen LogP contribution in [0.25, 0.3) is 10.2 Å². The lowest BCUT2D eigenvalue weighted by molar-refractivity contribution is 0.0946. The first-order chi connectivity index (χ1) is 11.3. The van der Waals surface area contributed by atoms with Crippen molar-refractivity contribution in [1.82, 2.24) is 14.9 Å². The molecular weight excluding hydrogens is 306 g/mol. The van der Waals surface area contributed by atoms with Crippen LogP contribution in [0, 0.1) is 0 Å². The normalized spacial score (nSPS) is 11.3. The Hall–Kier alpha value is -2.40. The Morgan fingerprint density at radius 3 is 3.09 bits per heavy atom. The zero-order chi connectivity index (χ0) is 16.1. The summed E-state index contributed by atoms with van der Waals surface area (Å²) in [6.07, 6.45) is 6.57. The van der Waals surface area contributed by atoms with Crippen molar-refractivity contribution in [2.24, 2.45) is 0 Å². The molecule has 0 bridgehead atoms. The Morgan fingerprint density at radius 2 is 2.30 bits per heavy atom. The maximum Gasteiger partial charge on any atom is 0.267 e. The predicted octanol–water partition coefficient (Wildman–Crippen LogP) is 3.65. The van der Waals surface area contributed by atoms with Gasteiger partial charge in [0.1, 0.15) is 10.5 Å². The quantitative estimate of drug-likeness (QED) is 0.703. The maximum atomic E-state index is 12.5. The highest BCUT2D eigenvalue weighted by molar-refractivity contribution is 7.16. The van der Waals surface area contributed by atoms with E-state index in [2.05, 4.69) is 32.4 Å². The zero-order valence-electron chi connectivity index (χ0n) is 13.0. The fourth-order valence-electron chi connectivity index (χ4n) is 2.50. The lowest BCUT2D eigenvalue weighted by atomic mass is 10.2. The van der Waals surface area contributed by atoms with Crippen LogP contribution in [0.3, 0.4) is 0 Å². The number of aromatic nitrogens is 2. The summed E-state index contributed by atoms with van der Waals surface area (Å²) in [5.41, 5.74) is 1.70. The van der Waals surface area contributed by atoms with Gasteiger partial charge in [-0.05, 0) is 36.6 Å². The van der Waals surface area contributed by atoms with Gasteiger partial charge in [0.2, 0.25) is 0 Å². The van der Waals surface area contributed by atoms with Crippen LogP contribution in [-0.4, -0.2) is 22.0 Å². The van der Waals surface area contributed by atoms with Gasteiger partial charge in [-0.1, -0.05) is 18.2 Å². The molecule has 0 spiro atoms. The highest BCUT2D eigenvalue weighted by Gasteiger charge is 2.15. The Bertz CT molecular complexity index is 817. The lowest BCUT2D eigenvalue weighted by Crippen LogP contribution is -2.28. The first kappa shape index (κ1) is 15.5. The number of fused-ring (bicyclic) bond motifs is 1. The van der Waals surface area contributed by atoms with Gasteiger partial charge in [-0.3, -0.25) is 9.78 Å². The van der Waals surface area contributed by atoms with Crippen LogP contribution in [0.2, 0.25) is 0 Å². The van der Waals surface area contributed by atoms with Crippen LogP contribution in [0.4, 0.5) is 0 Å². The third kappa shape index (κ3) is 3.51. The minimum Gasteiger partial charge on any atom is -0.350 e. The van der Waals surface area contributed by atoms with Crippen LogP contribution in [-0.2, 0) is 13.0 Å². The minimum absolute atomic E-state index is 0.0335. The number of allylic oxidation sites excluding steroid dienone is 2. The largest absolute Gasteiger partial charge is 0.350 e. The number of thiophene rings is 1. The molecule has 0 aliphatic carbocycles. The second kappa shape index (κ2) is 7.24. The molecule has 3 rings (SSSR count). The van der Waals surface area contributed by atoms with E-state index in [1.807, 2.05) is 37.3 Å². The second-order valence-electron chi connectivity index (χ2n) is 5.22. The summed E-state index contributed by atoms with van der Waals surface area (Å²) in [6, 6.07) is 9.84. The van der Waals surface area contributed by atoms with Crippen molar-refractivity contribution in [2.45, 2.75) is 19.9 Å². The van der Waals surface area contributed by atoms with E-state index < -0.39 is 0 Å². The van der Waals surface area contributed by atoms with Crippen LogP contribution in [0.5, 0.6) is 0 Å². The summed E-state index contributed by atoms with van der Waals surface area (Å²) in [5.74, 6) is -0.0335. The molecule has 5 heteroatoms. The molecule has 3 aromatic rings. The average Bonchev–Trinajstić information content (AvgIpc) is 3.15. The Balaban J connectivity index is 1.71. The monoisotopic (exact) mass is 325 g/mol. The molecular formula is C18H19N3OS. The first-order valence-corrected chi connectivity index (χ1v) is 8.53. The van der Waals surface area contributed by atoms with Gasteiger partial charge in [0.25, 0.3) is 5.91 Å². The van der Waals surface area contributed by atoms with E-state index in [9.17, 15) is 4.79 Å². The fourth-order valence-corrected chi connectivity index (χ4v) is 3.40. The molecule has 0 aromatic carbocycles. The number of nitrogens with one attached hydrogen (secondary N) is 1. The first-order valence-electron chi connectivity index (χ1n) is 7.65. The van der Waals surface area contributed by atoms with E-state index in [-0.39, 0.29) is 5.91 Å². The van der Waals surface area contributed by atoms with E-state index in [4.69, 9.17) is 0 Å². The minimum atomic E-state index is -0.0335. The van der Waals surface area contributed by atoms with Crippen molar-refractivity contribution in [2.75, 3.05) is 6.54 Å². The molecule has 118 valence electrons. The zero-order valence-corrected chi connectivity index (χ0v) is 13.8. The van der Waals surface area contributed by atoms with Gasteiger partial charge in [-0.25, -0.2) is 0 Å². The third-order valence-electron chi connectivity index (χ3n) is 3.65. The molecule has 3 heterocycles. The molecule has 0 saturated heterocycles. The smallest absolute Gasteiger partial charge is 0.267 e. The van der Waals surface area contributed by atoms with Gasteiger partial charge < -0.3 is 9.88 Å². The van der Waals surface area contributed by atoms with E-state index >= 15 is 0 Å². The van der Waals surface area contributed by atoms with Gasteiger partial charge in [-0.15, -0.1) is 11.3 Å². The van der Waals surface area contributed by atoms with Gasteiger partial charge in [0.15, 0.2) is 0 Å². The molecule has 0 radical (unpaired) electrons. The predicted molar refractivity (Wildman–Crippen MR) is 94.9 cm³/mol. The number of carbonyl (C=O) groups is 1. The molecule has 23 heavy (non-hydrogen) atoms. The van der Waals surface area contributed by atoms with Crippen LogP contribution >= 0.6 is 11.3 Å². The van der Waals surface area contributed by atoms with Crippen LogP contribution in [0.1, 0.15) is 23.1 Å². The van der Waals surface area contributed by atoms with E-state index in [0.29, 0.717) is 18.8 Å². The second-order valence-corrected chi connectivity index (χ2v) is 6.11. The standard InChI is InChI=1S/C18H19N3OS/c1-2-3-11-21-16(13-14-8-12-23-18(14)21)17(22)20-10-7-15-6-4-5-9-19-15/h2-6,8-9,12-13H,7,10-11H2,1H3,(H,20,22). The number of nitrogens with zero attached hydrogens (tertiary/aromatic N) is 2. The number of amides is 1. The van der Waals surface area contributed by atoms with E-state index in [1.165, 1.54) is 0 Å². The molecule has 0 aliphatic rings. The van der Waals surface area contributed by atoms with Crippen molar-refractivity contribution in [3.05, 3.63) is 65.4 Å². The molecule has 0 saturated carbocycles. The highest BCUT2D eigenvalue weighted by Crippen LogP contribution is 2.25. The molecule has 0 atom stereocenters. The molecule has 0 unspecified atom stereocenters.